The molecule has 5 nitrogen and oxygen atoms in total. The lowest BCUT2D eigenvalue weighted by molar-refractivity contribution is 0.184. The lowest BCUT2D eigenvalue weighted by Gasteiger charge is -2.42. The zero-order chi connectivity index (χ0) is 21.8. The standard InChI is InChI=1S/C24H36Cl2N4O/c1-18-17-28(15-16-30(18)22-6-4-5-21(25)23(22)26)14-11-19-7-9-20(10-8-19)27-24(31)29-12-2-3-13-29/h4-6,18-20H,2-3,7-17H2,1H3,(H,27,31). The minimum atomic E-state index is 0.160. The average Bonchev–Trinajstić information content (AvgIpc) is 3.31. The number of urea groups is 1. The number of amides is 2. The average molecular weight is 467 g/mol. The molecule has 1 N–H and O–H groups in total. The molecule has 3 fully saturated rings. The Bertz CT molecular complexity index is 747. The first-order chi connectivity index (χ1) is 15.0. The SMILES string of the molecule is CC1CN(CCC2CCC(NC(=O)N3CCCC3)CC2)CCN1c1cccc(Cl)c1Cl. The lowest BCUT2D eigenvalue weighted by Crippen LogP contribution is -2.52. The Balaban J connectivity index is 1.17. The van der Waals surface area contributed by atoms with Crippen molar-refractivity contribution in [2.24, 2.45) is 5.92 Å². The van der Waals surface area contributed by atoms with Crippen LogP contribution in [0.25, 0.3) is 0 Å². The van der Waals surface area contributed by atoms with Crippen molar-refractivity contribution >= 4 is 34.9 Å². The molecule has 1 saturated carbocycles. The Labute approximate surface area is 197 Å². The minimum Gasteiger partial charge on any atom is -0.365 e. The first-order valence-corrected chi connectivity index (χ1v) is 12.8. The van der Waals surface area contributed by atoms with Crippen LogP contribution in [0.15, 0.2) is 18.2 Å². The van der Waals surface area contributed by atoms with Gasteiger partial charge in [0, 0.05) is 44.8 Å². The first kappa shape index (κ1) is 23.0. The number of hydrogen-bond donors (Lipinski definition) is 1. The molecule has 1 atom stereocenters. The molecular formula is C24H36Cl2N4O. The topological polar surface area (TPSA) is 38.8 Å². The van der Waals surface area contributed by atoms with Crippen molar-refractivity contribution in [3.8, 4) is 0 Å². The number of halogens is 2. The van der Waals surface area contributed by atoms with Crippen LogP contribution in [0.3, 0.4) is 0 Å². The second kappa shape index (κ2) is 10.6. The normalized spacial score (nSPS) is 27.5. The van der Waals surface area contributed by atoms with E-state index >= 15 is 0 Å². The van der Waals surface area contributed by atoms with Gasteiger partial charge in [0.15, 0.2) is 0 Å². The molecule has 2 heterocycles. The van der Waals surface area contributed by atoms with Crippen LogP contribution < -0.4 is 10.2 Å². The quantitative estimate of drug-likeness (QED) is 0.642. The molecule has 1 aliphatic carbocycles. The number of likely N-dealkylation sites (tertiary alicyclic amines) is 1. The molecule has 7 heteroatoms. The number of hydrogen-bond acceptors (Lipinski definition) is 3. The van der Waals surface area contributed by atoms with Crippen molar-refractivity contribution < 1.29 is 4.79 Å². The van der Waals surface area contributed by atoms with E-state index in [1.165, 1.54) is 19.3 Å². The van der Waals surface area contributed by atoms with Crippen molar-refractivity contribution in [2.45, 2.75) is 64.0 Å². The van der Waals surface area contributed by atoms with Crippen LogP contribution in [-0.4, -0.2) is 67.2 Å². The summed E-state index contributed by atoms with van der Waals surface area (Å²) in [6.07, 6.45) is 8.29. The number of anilines is 1. The maximum absolute atomic E-state index is 12.3. The van der Waals surface area contributed by atoms with E-state index in [0.717, 1.165) is 76.6 Å². The van der Waals surface area contributed by atoms with Gasteiger partial charge in [-0.1, -0.05) is 29.3 Å². The second-order valence-corrected chi connectivity index (χ2v) is 10.4. The van der Waals surface area contributed by atoms with Crippen molar-refractivity contribution in [1.82, 2.24) is 15.1 Å². The van der Waals surface area contributed by atoms with E-state index in [1.807, 2.05) is 17.0 Å². The molecule has 2 aliphatic heterocycles. The molecule has 2 amide bonds. The molecule has 0 aromatic heterocycles. The van der Waals surface area contributed by atoms with Crippen molar-refractivity contribution in [2.75, 3.05) is 44.2 Å². The number of nitrogens with one attached hydrogen (secondary N) is 1. The summed E-state index contributed by atoms with van der Waals surface area (Å²) >= 11 is 12.7. The number of benzene rings is 1. The highest BCUT2D eigenvalue weighted by atomic mass is 35.5. The smallest absolute Gasteiger partial charge is 0.317 e. The zero-order valence-electron chi connectivity index (χ0n) is 18.7. The van der Waals surface area contributed by atoms with E-state index in [2.05, 4.69) is 28.1 Å². The summed E-state index contributed by atoms with van der Waals surface area (Å²) in [4.78, 5) is 19.3. The molecule has 1 aromatic carbocycles. The van der Waals surface area contributed by atoms with E-state index < -0.39 is 0 Å². The predicted octanol–water partition coefficient (Wildman–Crippen LogP) is 5.26. The van der Waals surface area contributed by atoms with Crippen LogP contribution in [0.5, 0.6) is 0 Å². The van der Waals surface area contributed by atoms with Gasteiger partial charge in [-0.05, 0) is 76.5 Å². The van der Waals surface area contributed by atoms with Crippen LogP contribution in [0, 0.1) is 5.92 Å². The summed E-state index contributed by atoms with van der Waals surface area (Å²) in [6, 6.07) is 6.85. The number of piperazine rings is 1. The fraction of sp³-hybridized carbons (Fsp3) is 0.708. The van der Waals surface area contributed by atoms with Crippen molar-refractivity contribution in [3.05, 3.63) is 28.2 Å². The predicted molar refractivity (Wildman–Crippen MR) is 129 cm³/mol. The zero-order valence-corrected chi connectivity index (χ0v) is 20.2. The monoisotopic (exact) mass is 466 g/mol. The van der Waals surface area contributed by atoms with Crippen LogP contribution in [0.4, 0.5) is 10.5 Å². The Morgan fingerprint density at radius 1 is 1.06 bits per heavy atom. The summed E-state index contributed by atoms with van der Waals surface area (Å²) in [5.41, 5.74) is 1.05. The Morgan fingerprint density at radius 2 is 1.81 bits per heavy atom. The van der Waals surface area contributed by atoms with Crippen molar-refractivity contribution in [3.63, 3.8) is 0 Å². The summed E-state index contributed by atoms with van der Waals surface area (Å²) in [5, 5.41) is 4.56. The van der Waals surface area contributed by atoms with Gasteiger partial charge in [0.2, 0.25) is 0 Å². The van der Waals surface area contributed by atoms with E-state index in [-0.39, 0.29) is 6.03 Å². The maximum Gasteiger partial charge on any atom is 0.317 e. The van der Waals surface area contributed by atoms with Gasteiger partial charge in [-0.15, -0.1) is 0 Å². The van der Waals surface area contributed by atoms with E-state index in [4.69, 9.17) is 23.2 Å². The summed E-state index contributed by atoms with van der Waals surface area (Å²) in [7, 11) is 0. The second-order valence-electron chi connectivity index (χ2n) is 9.57. The number of rotatable bonds is 5. The summed E-state index contributed by atoms with van der Waals surface area (Å²) in [6.45, 7) is 8.40. The molecule has 0 radical (unpaired) electrons. The van der Waals surface area contributed by atoms with Gasteiger partial charge in [0.1, 0.15) is 0 Å². The Morgan fingerprint density at radius 3 is 2.52 bits per heavy atom. The van der Waals surface area contributed by atoms with E-state index in [9.17, 15) is 4.79 Å². The third-order valence-corrected chi connectivity index (χ3v) is 8.18. The molecular weight excluding hydrogens is 431 g/mol. The third kappa shape index (κ3) is 5.80. The fourth-order valence-corrected chi connectivity index (χ4v) is 5.86. The largest absolute Gasteiger partial charge is 0.365 e. The molecule has 3 aliphatic rings. The number of carbonyl (C=O) groups excluding carboxylic acids is 1. The van der Waals surface area contributed by atoms with E-state index in [0.29, 0.717) is 22.1 Å². The van der Waals surface area contributed by atoms with Gasteiger partial charge < -0.3 is 15.1 Å². The molecule has 0 spiro atoms. The molecule has 2 saturated heterocycles. The van der Waals surface area contributed by atoms with Gasteiger partial charge in [-0.25, -0.2) is 4.79 Å². The van der Waals surface area contributed by atoms with Gasteiger partial charge in [0.05, 0.1) is 15.7 Å². The first-order valence-electron chi connectivity index (χ1n) is 12.0. The van der Waals surface area contributed by atoms with Crippen molar-refractivity contribution in [1.29, 1.82) is 0 Å². The van der Waals surface area contributed by atoms with Gasteiger partial charge >= 0.3 is 6.03 Å². The molecule has 172 valence electrons. The number of carbonyl (C=O) groups is 1. The van der Waals surface area contributed by atoms with Crippen LogP contribution >= 0.6 is 23.2 Å². The van der Waals surface area contributed by atoms with Gasteiger partial charge in [0.25, 0.3) is 0 Å². The fourth-order valence-electron chi connectivity index (χ4n) is 5.46. The highest BCUT2D eigenvalue weighted by molar-refractivity contribution is 6.43. The van der Waals surface area contributed by atoms with Gasteiger partial charge in [-0.3, -0.25) is 4.90 Å². The molecule has 4 rings (SSSR count). The molecule has 0 bridgehead atoms. The molecule has 31 heavy (non-hydrogen) atoms. The highest BCUT2D eigenvalue weighted by Crippen LogP contribution is 2.34. The van der Waals surface area contributed by atoms with E-state index in [1.54, 1.807) is 0 Å². The Hall–Kier alpha value is -1.17. The van der Waals surface area contributed by atoms with Crippen LogP contribution in [0.2, 0.25) is 10.0 Å². The molecule has 1 unspecified atom stereocenters. The molecule has 1 aromatic rings. The summed E-state index contributed by atoms with van der Waals surface area (Å²) < 4.78 is 0. The third-order valence-electron chi connectivity index (χ3n) is 7.37. The lowest BCUT2D eigenvalue weighted by atomic mass is 9.84. The van der Waals surface area contributed by atoms with Gasteiger partial charge in [-0.2, -0.15) is 0 Å². The van der Waals surface area contributed by atoms with Crippen LogP contribution in [-0.2, 0) is 0 Å². The maximum atomic E-state index is 12.3. The summed E-state index contributed by atoms with van der Waals surface area (Å²) in [5.74, 6) is 0.788. The minimum absolute atomic E-state index is 0.160. The number of nitrogens with zero attached hydrogens (tertiary/aromatic N) is 3. The highest BCUT2D eigenvalue weighted by Gasteiger charge is 2.28. The Kier molecular flexibility index (Phi) is 7.89. The van der Waals surface area contributed by atoms with Crippen LogP contribution in [0.1, 0.15) is 51.9 Å².